The number of anilines is 1. The lowest BCUT2D eigenvalue weighted by atomic mass is 10.2. The summed E-state index contributed by atoms with van der Waals surface area (Å²) in [5.74, 6) is 0.466. The summed E-state index contributed by atoms with van der Waals surface area (Å²) in [4.78, 5) is 26.5. The third-order valence-electron chi connectivity index (χ3n) is 3.67. The van der Waals surface area contributed by atoms with Crippen LogP contribution in [0, 0.1) is 0 Å². The van der Waals surface area contributed by atoms with Gasteiger partial charge >= 0.3 is 0 Å². The van der Waals surface area contributed by atoms with E-state index in [0.29, 0.717) is 32.8 Å². The van der Waals surface area contributed by atoms with E-state index in [-0.39, 0.29) is 4.91 Å². The minimum atomic E-state index is -0.450. The predicted octanol–water partition coefficient (Wildman–Crippen LogP) is 5.25. The molecule has 0 aromatic heterocycles. The van der Waals surface area contributed by atoms with Gasteiger partial charge in [-0.3, -0.25) is 9.59 Å². The Labute approximate surface area is 164 Å². The number of halogens is 2. The van der Waals surface area contributed by atoms with Gasteiger partial charge in [-0.05, 0) is 47.7 Å². The van der Waals surface area contributed by atoms with E-state index in [4.69, 9.17) is 32.7 Å². The first-order chi connectivity index (χ1) is 12.4. The number of nitrogens with zero attached hydrogens (tertiary/aromatic N) is 1. The number of imide groups is 1. The van der Waals surface area contributed by atoms with Crippen molar-refractivity contribution in [3.8, 4) is 11.5 Å². The van der Waals surface area contributed by atoms with Gasteiger partial charge in [0.25, 0.3) is 11.1 Å². The molecule has 0 atom stereocenters. The number of methoxy groups -OCH3 is 2. The smallest absolute Gasteiger partial charge is 0.298 e. The Morgan fingerprint density at radius 2 is 1.81 bits per heavy atom. The molecular weight excluding hydrogens is 397 g/mol. The fourth-order valence-corrected chi connectivity index (χ4v) is 3.69. The number of benzene rings is 2. The number of rotatable bonds is 4. The molecule has 2 aromatic carbocycles. The van der Waals surface area contributed by atoms with Crippen molar-refractivity contribution in [3.63, 3.8) is 0 Å². The second kappa shape index (κ2) is 7.61. The highest BCUT2D eigenvalue weighted by molar-refractivity contribution is 8.19. The first kappa shape index (κ1) is 18.6. The third kappa shape index (κ3) is 3.53. The molecule has 0 bridgehead atoms. The lowest BCUT2D eigenvalue weighted by Gasteiger charge is -2.17. The normalized spacial score (nSPS) is 15.7. The van der Waals surface area contributed by atoms with Gasteiger partial charge in [0.1, 0.15) is 11.5 Å². The molecule has 8 heteroatoms. The lowest BCUT2D eigenvalue weighted by Crippen LogP contribution is -2.28. The number of ether oxygens (including phenoxy) is 2. The van der Waals surface area contributed by atoms with E-state index < -0.39 is 11.1 Å². The summed E-state index contributed by atoms with van der Waals surface area (Å²) < 4.78 is 10.4. The van der Waals surface area contributed by atoms with Crippen molar-refractivity contribution in [3.05, 3.63) is 56.9 Å². The van der Waals surface area contributed by atoms with Crippen LogP contribution in [0.2, 0.25) is 10.0 Å². The Bertz CT molecular complexity index is 929. The number of amides is 2. The zero-order chi connectivity index (χ0) is 18.8. The summed E-state index contributed by atoms with van der Waals surface area (Å²) >= 11 is 12.9. The fraction of sp³-hybridized carbons (Fsp3) is 0.111. The van der Waals surface area contributed by atoms with E-state index in [1.54, 1.807) is 42.5 Å². The van der Waals surface area contributed by atoms with Crippen LogP contribution >= 0.6 is 35.0 Å². The molecule has 0 unspecified atom stereocenters. The summed E-state index contributed by atoms with van der Waals surface area (Å²) in [5.41, 5.74) is 0.949. The van der Waals surface area contributed by atoms with E-state index in [9.17, 15) is 9.59 Å². The van der Waals surface area contributed by atoms with Crippen LogP contribution in [0.25, 0.3) is 6.08 Å². The van der Waals surface area contributed by atoms with Crippen LogP contribution in [0.15, 0.2) is 41.3 Å². The number of thioether (sulfide) groups is 1. The monoisotopic (exact) mass is 409 g/mol. The van der Waals surface area contributed by atoms with Crippen LogP contribution in [0.4, 0.5) is 10.5 Å². The first-order valence-electron chi connectivity index (χ1n) is 7.39. The average Bonchev–Trinajstić information content (AvgIpc) is 2.90. The molecule has 0 saturated carbocycles. The van der Waals surface area contributed by atoms with Crippen LogP contribution in [0.1, 0.15) is 5.56 Å². The Hall–Kier alpha value is -2.15. The Balaban J connectivity index is 1.98. The highest BCUT2D eigenvalue weighted by Gasteiger charge is 2.38. The van der Waals surface area contributed by atoms with Crippen LogP contribution in [-0.4, -0.2) is 25.4 Å². The van der Waals surface area contributed by atoms with Crippen molar-refractivity contribution in [1.82, 2.24) is 0 Å². The van der Waals surface area contributed by atoms with Crippen LogP contribution in [-0.2, 0) is 4.79 Å². The van der Waals surface area contributed by atoms with E-state index in [2.05, 4.69) is 0 Å². The topological polar surface area (TPSA) is 55.8 Å². The zero-order valence-electron chi connectivity index (χ0n) is 13.8. The van der Waals surface area contributed by atoms with E-state index in [1.807, 2.05) is 0 Å². The molecule has 1 aliphatic rings. The Morgan fingerprint density at radius 3 is 2.46 bits per heavy atom. The minimum Gasteiger partial charge on any atom is -0.497 e. The third-order valence-corrected chi connectivity index (χ3v) is 5.10. The molecule has 1 fully saturated rings. The minimum absolute atomic E-state index is 0.261. The van der Waals surface area contributed by atoms with Gasteiger partial charge in [-0.25, -0.2) is 4.90 Å². The number of carbonyl (C=O) groups excluding carboxylic acids is 2. The first-order valence-corrected chi connectivity index (χ1v) is 8.97. The molecule has 1 aliphatic heterocycles. The molecule has 1 saturated heterocycles. The summed E-state index contributed by atoms with van der Waals surface area (Å²) in [6, 6.07) is 9.79. The van der Waals surface area contributed by atoms with Crippen molar-refractivity contribution in [2.24, 2.45) is 0 Å². The maximum Gasteiger partial charge on any atom is 0.298 e. The SMILES string of the molecule is COc1ccc(N2C(=O)S/C(=C\c3ccc(Cl)cc3Cl)C2=O)c(OC)c1. The van der Waals surface area contributed by atoms with Crippen molar-refractivity contribution in [2.45, 2.75) is 0 Å². The van der Waals surface area contributed by atoms with Gasteiger partial charge in [-0.2, -0.15) is 0 Å². The maximum absolute atomic E-state index is 12.8. The van der Waals surface area contributed by atoms with Crippen molar-refractivity contribution in [1.29, 1.82) is 0 Å². The second-order valence-corrected chi connectivity index (χ2v) is 7.06. The lowest BCUT2D eigenvalue weighted by molar-refractivity contribution is -0.113. The summed E-state index contributed by atoms with van der Waals surface area (Å²) in [5, 5.41) is 0.462. The van der Waals surface area contributed by atoms with Gasteiger partial charge < -0.3 is 9.47 Å². The Morgan fingerprint density at radius 1 is 1.04 bits per heavy atom. The molecule has 26 heavy (non-hydrogen) atoms. The zero-order valence-corrected chi connectivity index (χ0v) is 16.1. The quantitative estimate of drug-likeness (QED) is 0.645. The van der Waals surface area contributed by atoms with Crippen molar-refractivity contribution >= 4 is 57.9 Å². The molecular formula is C18H13Cl2NO4S. The summed E-state index contributed by atoms with van der Waals surface area (Å²) in [6.45, 7) is 0. The van der Waals surface area contributed by atoms with Crippen LogP contribution < -0.4 is 14.4 Å². The van der Waals surface area contributed by atoms with E-state index in [0.717, 1.165) is 16.7 Å². The van der Waals surface area contributed by atoms with Gasteiger partial charge in [0.2, 0.25) is 0 Å². The fourth-order valence-electron chi connectivity index (χ4n) is 2.40. The molecule has 5 nitrogen and oxygen atoms in total. The molecule has 2 aromatic rings. The molecule has 1 heterocycles. The van der Waals surface area contributed by atoms with Gasteiger partial charge in [0, 0.05) is 16.1 Å². The number of carbonyl (C=O) groups is 2. The van der Waals surface area contributed by atoms with Gasteiger partial charge in [0.05, 0.1) is 24.8 Å². The molecule has 0 spiro atoms. The van der Waals surface area contributed by atoms with Crippen LogP contribution in [0.3, 0.4) is 0 Å². The number of hydrogen-bond acceptors (Lipinski definition) is 5. The van der Waals surface area contributed by atoms with Gasteiger partial charge in [-0.15, -0.1) is 0 Å². The molecule has 0 N–H and O–H groups in total. The molecule has 0 aliphatic carbocycles. The van der Waals surface area contributed by atoms with Gasteiger partial charge in [0.15, 0.2) is 0 Å². The van der Waals surface area contributed by atoms with Crippen molar-refractivity contribution in [2.75, 3.05) is 19.1 Å². The van der Waals surface area contributed by atoms with Crippen molar-refractivity contribution < 1.29 is 19.1 Å². The number of hydrogen-bond donors (Lipinski definition) is 0. The highest BCUT2D eigenvalue weighted by Crippen LogP contribution is 2.41. The molecule has 134 valence electrons. The van der Waals surface area contributed by atoms with E-state index in [1.165, 1.54) is 14.2 Å². The summed E-state index contributed by atoms with van der Waals surface area (Å²) in [6.07, 6.45) is 1.57. The second-order valence-electron chi connectivity index (χ2n) is 5.22. The van der Waals surface area contributed by atoms with Gasteiger partial charge in [-0.1, -0.05) is 29.3 Å². The van der Waals surface area contributed by atoms with Crippen LogP contribution in [0.5, 0.6) is 11.5 Å². The largest absolute Gasteiger partial charge is 0.497 e. The maximum atomic E-state index is 12.8. The standard InChI is InChI=1S/C18H13Cl2NO4S/c1-24-12-5-6-14(15(9-12)25-2)21-17(22)16(26-18(21)23)7-10-3-4-11(19)8-13(10)20/h3-9H,1-2H3/b16-7-. The predicted molar refractivity (Wildman–Crippen MR) is 104 cm³/mol. The molecule has 0 radical (unpaired) electrons. The summed E-state index contributed by atoms with van der Waals surface area (Å²) in [7, 11) is 2.98. The van der Waals surface area contributed by atoms with E-state index >= 15 is 0 Å². The molecule has 3 rings (SSSR count). The average molecular weight is 410 g/mol. The highest BCUT2D eigenvalue weighted by atomic mass is 35.5. The Kier molecular flexibility index (Phi) is 5.46. The molecule has 2 amide bonds.